The van der Waals surface area contributed by atoms with Crippen LogP contribution < -0.4 is 5.73 Å². The van der Waals surface area contributed by atoms with Gasteiger partial charge < -0.3 is 5.73 Å². The molecule has 0 aliphatic carbocycles. The molecule has 1 heterocycles. The predicted molar refractivity (Wildman–Crippen MR) is 77.8 cm³/mol. The van der Waals surface area contributed by atoms with Crippen molar-refractivity contribution in [2.75, 3.05) is 13.1 Å². The van der Waals surface area contributed by atoms with Crippen LogP contribution in [0.3, 0.4) is 0 Å². The van der Waals surface area contributed by atoms with Gasteiger partial charge in [-0.3, -0.25) is 4.90 Å². The second-order valence-corrected chi connectivity index (χ2v) is 6.11. The number of piperidine rings is 1. The highest BCUT2D eigenvalue weighted by atomic mass is 19.3. The average molecular weight is 282 g/mol. The van der Waals surface area contributed by atoms with Crippen molar-refractivity contribution in [1.82, 2.24) is 4.90 Å². The molecule has 0 aromatic heterocycles. The van der Waals surface area contributed by atoms with Crippen molar-refractivity contribution < 1.29 is 8.78 Å². The van der Waals surface area contributed by atoms with Gasteiger partial charge in [-0.1, -0.05) is 38.1 Å². The molecule has 4 heteroatoms. The van der Waals surface area contributed by atoms with Crippen molar-refractivity contribution in [3.8, 4) is 0 Å². The van der Waals surface area contributed by atoms with Crippen LogP contribution in [0.4, 0.5) is 8.78 Å². The molecule has 2 atom stereocenters. The molecule has 2 nitrogen and oxygen atoms in total. The molecular formula is C16H24F2N2. The van der Waals surface area contributed by atoms with E-state index >= 15 is 0 Å². The van der Waals surface area contributed by atoms with E-state index in [1.165, 1.54) is 12.1 Å². The highest BCUT2D eigenvalue weighted by Crippen LogP contribution is 2.31. The third kappa shape index (κ3) is 3.55. The minimum Gasteiger partial charge on any atom is -0.326 e. The van der Waals surface area contributed by atoms with Crippen LogP contribution in [0.5, 0.6) is 0 Å². The molecular weight excluding hydrogens is 258 g/mol. The minimum absolute atomic E-state index is 0.0774. The maximum atomic E-state index is 12.6. The maximum Gasteiger partial charge on any atom is 0.263 e. The van der Waals surface area contributed by atoms with Gasteiger partial charge in [0.05, 0.1) is 0 Å². The van der Waals surface area contributed by atoms with E-state index in [0.717, 1.165) is 31.5 Å². The first-order valence-corrected chi connectivity index (χ1v) is 7.36. The average Bonchev–Trinajstić information content (AvgIpc) is 2.38. The van der Waals surface area contributed by atoms with E-state index in [1.54, 1.807) is 0 Å². The molecule has 1 fully saturated rings. The molecule has 0 saturated carbocycles. The number of halogens is 2. The van der Waals surface area contributed by atoms with Crippen LogP contribution in [0, 0.1) is 5.92 Å². The van der Waals surface area contributed by atoms with Gasteiger partial charge >= 0.3 is 0 Å². The Balaban J connectivity index is 2.20. The zero-order valence-electron chi connectivity index (χ0n) is 12.2. The van der Waals surface area contributed by atoms with Crippen LogP contribution in [0.1, 0.15) is 50.3 Å². The molecule has 2 rings (SSSR count). The Morgan fingerprint density at radius 3 is 2.45 bits per heavy atom. The van der Waals surface area contributed by atoms with Crippen LogP contribution in [0.15, 0.2) is 24.3 Å². The summed E-state index contributed by atoms with van der Waals surface area (Å²) < 4.78 is 25.3. The lowest BCUT2D eigenvalue weighted by molar-refractivity contribution is 0.114. The molecule has 2 N–H and O–H groups in total. The second-order valence-electron chi connectivity index (χ2n) is 6.11. The Labute approximate surface area is 120 Å². The molecule has 0 amide bonds. The number of likely N-dealkylation sites (tertiary alicyclic amines) is 1. The number of rotatable bonds is 4. The SMILES string of the molecule is CC(C)CN1CCCC(N)C1c1ccc(C(F)F)cc1. The highest BCUT2D eigenvalue weighted by Gasteiger charge is 2.30. The Morgan fingerprint density at radius 1 is 1.25 bits per heavy atom. The molecule has 0 spiro atoms. The smallest absolute Gasteiger partial charge is 0.263 e. The van der Waals surface area contributed by atoms with Crippen molar-refractivity contribution in [2.45, 2.75) is 45.2 Å². The Bertz CT molecular complexity index is 417. The molecule has 2 unspecified atom stereocenters. The summed E-state index contributed by atoms with van der Waals surface area (Å²) in [6.07, 6.45) is -0.300. The molecule has 1 aromatic carbocycles. The fourth-order valence-corrected chi connectivity index (χ4v) is 3.07. The largest absolute Gasteiger partial charge is 0.326 e. The van der Waals surface area contributed by atoms with E-state index in [9.17, 15) is 8.78 Å². The van der Waals surface area contributed by atoms with Crippen molar-refractivity contribution >= 4 is 0 Å². The van der Waals surface area contributed by atoms with Gasteiger partial charge in [0.15, 0.2) is 0 Å². The van der Waals surface area contributed by atoms with E-state index in [4.69, 9.17) is 5.73 Å². The lowest BCUT2D eigenvalue weighted by atomic mass is 9.90. The summed E-state index contributed by atoms with van der Waals surface area (Å²) in [5.74, 6) is 0.572. The molecule has 1 aliphatic rings. The summed E-state index contributed by atoms with van der Waals surface area (Å²) >= 11 is 0. The van der Waals surface area contributed by atoms with Crippen molar-refractivity contribution in [2.24, 2.45) is 11.7 Å². The van der Waals surface area contributed by atoms with Gasteiger partial charge in [0.2, 0.25) is 0 Å². The van der Waals surface area contributed by atoms with E-state index < -0.39 is 6.43 Å². The lowest BCUT2D eigenvalue weighted by Gasteiger charge is -2.41. The Kier molecular flexibility index (Phi) is 5.11. The van der Waals surface area contributed by atoms with E-state index in [1.807, 2.05) is 12.1 Å². The van der Waals surface area contributed by atoms with Gasteiger partial charge in [-0.25, -0.2) is 8.78 Å². The second kappa shape index (κ2) is 6.64. The van der Waals surface area contributed by atoms with Gasteiger partial charge in [0.1, 0.15) is 0 Å². The molecule has 1 saturated heterocycles. The number of alkyl halides is 2. The zero-order chi connectivity index (χ0) is 14.7. The summed E-state index contributed by atoms with van der Waals surface area (Å²) in [7, 11) is 0. The maximum absolute atomic E-state index is 12.6. The van der Waals surface area contributed by atoms with Crippen LogP contribution in [0.25, 0.3) is 0 Å². The third-order valence-electron chi connectivity index (χ3n) is 3.91. The number of nitrogens with two attached hydrogens (primary N) is 1. The molecule has 0 radical (unpaired) electrons. The van der Waals surface area contributed by atoms with Crippen molar-refractivity contribution in [3.05, 3.63) is 35.4 Å². The summed E-state index contributed by atoms with van der Waals surface area (Å²) in [6, 6.07) is 6.90. The topological polar surface area (TPSA) is 29.3 Å². The standard InChI is InChI=1S/C16H24F2N2/c1-11(2)10-20-9-3-4-14(19)15(20)12-5-7-13(8-6-12)16(17)18/h5-8,11,14-16H,3-4,9-10,19H2,1-2H3. The van der Waals surface area contributed by atoms with Crippen molar-refractivity contribution in [3.63, 3.8) is 0 Å². The first-order chi connectivity index (χ1) is 9.49. The monoisotopic (exact) mass is 282 g/mol. The fraction of sp³-hybridized carbons (Fsp3) is 0.625. The predicted octanol–water partition coefficient (Wildman–Crippen LogP) is 3.74. The van der Waals surface area contributed by atoms with E-state index in [2.05, 4.69) is 18.7 Å². The Hall–Kier alpha value is -1.00. The van der Waals surface area contributed by atoms with Crippen molar-refractivity contribution in [1.29, 1.82) is 0 Å². The number of benzene rings is 1. The van der Waals surface area contributed by atoms with Gasteiger partial charge in [0.25, 0.3) is 6.43 Å². The molecule has 20 heavy (non-hydrogen) atoms. The van der Waals surface area contributed by atoms with E-state index in [0.29, 0.717) is 5.92 Å². The van der Waals surface area contributed by atoms with Gasteiger partial charge in [-0.15, -0.1) is 0 Å². The van der Waals surface area contributed by atoms with Crippen LogP contribution in [-0.4, -0.2) is 24.0 Å². The normalized spacial score (nSPS) is 24.6. The van der Waals surface area contributed by atoms with Crippen LogP contribution in [-0.2, 0) is 0 Å². The quantitative estimate of drug-likeness (QED) is 0.911. The summed E-state index contributed by atoms with van der Waals surface area (Å²) in [5.41, 5.74) is 7.42. The zero-order valence-corrected chi connectivity index (χ0v) is 12.2. The number of nitrogens with zero attached hydrogens (tertiary/aromatic N) is 1. The molecule has 1 aromatic rings. The number of hydrogen-bond acceptors (Lipinski definition) is 2. The highest BCUT2D eigenvalue weighted by molar-refractivity contribution is 5.27. The fourth-order valence-electron chi connectivity index (χ4n) is 3.07. The van der Waals surface area contributed by atoms with Gasteiger partial charge in [-0.05, 0) is 30.9 Å². The third-order valence-corrected chi connectivity index (χ3v) is 3.91. The summed E-state index contributed by atoms with van der Waals surface area (Å²) in [4.78, 5) is 2.40. The summed E-state index contributed by atoms with van der Waals surface area (Å²) in [5, 5.41) is 0. The Morgan fingerprint density at radius 2 is 1.90 bits per heavy atom. The molecule has 1 aliphatic heterocycles. The van der Waals surface area contributed by atoms with Gasteiger partial charge in [-0.2, -0.15) is 0 Å². The van der Waals surface area contributed by atoms with Gasteiger partial charge in [0, 0.05) is 24.2 Å². The molecule has 0 bridgehead atoms. The van der Waals surface area contributed by atoms with E-state index in [-0.39, 0.29) is 17.6 Å². The number of hydrogen-bond donors (Lipinski definition) is 1. The lowest BCUT2D eigenvalue weighted by Crippen LogP contribution is -2.47. The van der Waals surface area contributed by atoms with Crippen LogP contribution >= 0.6 is 0 Å². The minimum atomic E-state index is -2.41. The van der Waals surface area contributed by atoms with Crippen LogP contribution in [0.2, 0.25) is 0 Å². The summed E-state index contributed by atoms with van der Waals surface area (Å²) in [6.45, 7) is 6.41. The first-order valence-electron chi connectivity index (χ1n) is 7.36. The molecule has 112 valence electrons. The first kappa shape index (κ1) is 15.4.